The van der Waals surface area contributed by atoms with Gasteiger partial charge in [0.15, 0.2) is 0 Å². The van der Waals surface area contributed by atoms with E-state index in [2.05, 4.69) is 15.9 Å². The van der Waals surface area contributed by atoms with E-state index in [1.165, 1.54) is 0 Å². The highest BCUT2D eigenvalue weighted by molar-refractivity contribution is 9.10. The maximum absolute atomic E-state index is 12.9. The van der Waals surface area contributed by atoms with Crippen molar-refractivity contribution < 1.29 is 14.7 Å². The number of amides is 1. The summed E-state index contributed by atoms with van der Waals surface area (Å²) in [4.78, 5) is 25.9. The van der Waals surface area contributed by atoms with Crippen LogP contribution in [0.15, 0.2) is 34.9 Å². The molecule has 0 spiro atoms. The second-order valence-corrected chi connectivity index (χ2v) is 7.23. The van der Waals surface area contributed by atoms with E-state index in [9.17, 15) is 9.59 Å². The van der Waals surface area contributed by atoms with Crippen molar-refractivity contribution in [1.82, 2.24) is 9.47 Å². The summed E-state index contributed by atoms with van der Waals surface area (Å²) in [6, 6.07) is 7.18. The zero-order chi connectivity index (χ0) is 17.4. The Kier molecular flexibility index (Phi) is 4.49. The third-order valence-corrected chi connectivity index (χ3v) is 4.78. The highest BCUT2D eigenvalue weighted by Gasteiger charge is 2.25. The minimum Gasteiger partial charge on any atom is -0.478 e. The van der Waals surface area contributed by atoms with Gasteiger partial charge in [-0.05, 0) is 65.5 Å². The molecule has 1 aromatic heterocycles. The molecule has 1 aliphatic rings. The van der Waals surface area contributed by atoms with Crippen molar-refractivity contribution in [3.05, 3.63) is 57.3 Å². The van der Waals surface area contributed by atoms with Gasteiger partial charge in [0.1, 0.15) is 5.69 Å². The molecule has 5 nitrogen and oxygen atoms in total. The second kappa shape index (κ2) is 6.43. The third-order valence-electron chi connectivity index (χ3n) is 4.34. The molecule has 0 atom stereocenters. The highest BCUT2D eigenvalue weighted by atomic mass is 79.9. The van der Waals surface area contributed by atoms with Gasteiger partial charge < -0.3 is 14.6 Å². The van der Waals surface area contributed by atoms with Gasteiger partial charge >= 0.3 is 5.97 Å². The number of carbonyl (C=O) groups excluding carboxylic acids is 1. The summed E-state index contributed by atoms with van der Waals surface area (Å²) in [6.07, 6.45) is 2.66. The highest BCUT2D eigenvalue weighted by Crippen LogP contribution is 2.25. The Morgan fingerprint density at radius 1 is 1.21 bits per heavy atom. The van der Waals surface area contributed by atoms with Crippen LogP contribution in [-0.2, 0) is 13.0 Å². The van der Waals surface area contributed by atoms with E-state index < -0.39 is 5.97 Å². The molecule has 2 heterocycles. The molecule has 1 aromatic carbocycles. The molecule has 24 heavy (non-hydrogen) atoms. The monoisotopic (exact) mass is 390 g/mol. The van der Waals surface area contributed by atoms with Crippen LogP contribution in [0.2, 0.25) is 0 Å². The minimum atomic E-state index is -0.945. The number of hydrogen-bond acceptors (Lipinski definition) is 2. The molecule has 0 aliphatic carbocycles. The molecule has 0 bridgehead atoms. The van der Waals surface area contributed by atoms with Crippen LogP contribution in [0.5, 0.6) is 0 Å². The van der Waals surface area contributed by atoms with Crippen LogP contribution >= 0.6 is 15.9 Å². The summed E-state index contributed by atoms with van der Waals surface area (Å²) in [5.41, 5.74) is 2.94. The zero-order valence-electron chi connectivity index (χ0n) is 13.6. The van der Waals surface area contributed by atoms with Crippen molar-refractivity contribution in [3.8, 4) is 0 Å². The van der Waals surface area contributed by atoms with Gasteiger partial charge in [0.25, 0.3) is 5.91 Å². The van der Waals surface area contributed by atoms with Gasteiger partial charge in [-0.25, -0.2) is 4.79 Å². The molecule has 1 aliphatic heterocycles. The third kappa shape index (κ3) is 3.11. The number of benzene rings is 1. The second-order valence-electron chi connectivity index (χ2n) is 6.31. The van der Waals surface area contributed by atoms with Crippen LogP contribution in [-0.4, -0.2) is 33.0 Å². The Hall–Kier alpha value is -2.08. The Balaban J connectivity index is 1.88. The standard InChI is InChI=1S/C18H19BrN2O3/c1-11(2)21-10-15(19)8-16(21)17(22)20-6-5-12-3-4-13(18(23)24)7-14(12)9-20/h3-4,7-8,10-11H,5-6,9H2,1-2H3,(H,23,24). The van der Waals surface area contributed by atoms with Crippen molar-refractivity contribution in [3.63, 3.8) is 0 Å². The molecule has 0 unspecified atom stereocenters. The fourth-order valence-electron chi connectivity index (χ4n) is 3.07. The lowest BCUT2D eigenvalue weighted by Crippen LogP contribution is -2.37. The first kappa shape index (κ1) is 16.8. The van der Waals surface area contributed by atoms with Crippen LogP contribution in [0.3, 0.4) is 0 Å². The molecule has 1 N–H and O–H groups in total. The molecule has 2 aromatic rings. The normalized spacial score (nSPS) is 13.9. The van der Waals surface area contributed by atoms with Gasteiger partial charge in [-0.15, -0.1) is 0 Å². The van der Waals surface area contributed by atoms with E-state index in [-0.39, 0.29) is 17.5 Å². The average Bonchev–Trinajstić information content (AvgIpc) is 2.95. The van der Waals surface area contributed by atoms with Gasteiger partial charge in [0.05, 0.1) is 5.56 Å². The van der Waals surface area contributed by atoms with Gasteiger partial charge in [-0.2, -0.15) is 0 Å². The predicted octanol–water partition coefficient (Wildman–Crippen LogP) is 3.73. The predicted molar refractivity (Wildman–Crippen MR) is 94.4 cm³/mol. The van der Waals surface area contributed by atoms with Gasteiger partial charge in [-0.3, -0.25) is 4.79 Å². The summed E-state index contributed by atoms with van der Waals surface area (Å²) in [7, 11) is 0. The molecule has 0 fully saturated rings. The van der Waals surface area contributed by atoms with Crippen LogP contribution in [0.25, 0.3) is 0 Å². The summed E-state index contributed by atoms with van der Waals surface area (Å²) in [5, 5.41) is 9.15. The topological polar surface area (TPSA) is 62.5 Å². The van der Waals surface area contributed by atoms with E-state index in [1.807, 2.05) is 36.7 Å². The van der Waals surface area contributed by atoms with E-state index >= 15 is 0 Å². The molecule has 6 heteroatoms. The van der Waals surface area contributed by atoms with E-state index in [0.717, 1.165) is 22.0 Å². The van der Waals surface area contributed by atoms with Crippen LogP contribution < -0.4 is 0 Å². The SMILES string of the molecule is CC(C)n1cc(Br)cc1C(=O)N1CCc2ccc(C(=O)O)cc2C1. The number of aromatic carboxylic acids is 1. The first-order valence-electron chi connectivity index (χ1n) is 7.88. The van der Waals surface area contributed by atoms with Crippen molar-refractivity contribution in [2.24, 2.45) is 0 Å². The van der Waals surface area contributed by atoms with Crippen molar-refractivity contribution in [2.45, 2.75) is 32.9 Å². The zero-order valence-corrected chi connectivity index (χ0v) is 15.2. The lowest BCUT2D eigenvalue weighted by molar-refractivity contribution is 0.0696. The lowest BCUT2D eigenvalue weighted by Gasteiger charge is -2.29. The molecule has 1 amide bonds. The summed E-state index contributed by atoms with van der Waals surface area (Å²) >= 11 is 3.44. The number of fused-ring (bicyclic) bond motifs is 1. The number of carboxylic acid groups (broad SMARTS) is 1. The average molecular weight is 391 g/mol. The molecule has 0 saturated heterocycles. The molecular weight excluding hydrogens is 372 g/mol. The van der Waals surface area contributed by atoms with E-state index in [1.54, 1.807) is 17.0 Å². The summed E-state index contributed by atoms with van der Waals surface area (Å²) in [6.45, 7) is 5.15. The van der Waals surface area contributed by atoms with Crippen molar-refractivity contribution >= 4 is 27.8 Å². The number of nitrogens with zero attached hydrogens (tertiary/aromatic N) is 2. The molecule has 3 rings (SSSR count). The number of rotatable bonds is 3. The lowest BCUT2D eigenvalue weighted by atomic mass is 9.97. The van der Waals surface area contributed by atoms with Gasteiger partial charge in [-0.1, -0.05) is 6.07 Å². The van der Waals surface area contributed by atoms with Crippen LogP contribution in [0.1, 0.15) is 51.9 Å². The van der Waals surface area contributed by atoms with Gasteiger partial charge in [0.2, 0.25) is 0 Å². The first-order chi connectivity index (χ1) is 11.4. The number of aromatic nitrogens is 1. The number of carboxylic acids is 1. The maximum Gasteiger partial charge on any atom is 0.335 e. The molecule has 0 radical (unpaired) electrons. The van der Waals surface area contributed by atoms with E-state index in [4.69, 9.17) is 5.11 Å². The van der Waals surface area contributed by atoms with Crippen molar-refractivity contribution in [1.29, 1.82) is 0 Å². The molecular formula is C18H19BrN2O3. The molecule has 0 saturated carbocycles. The number of carbonyl (C=O) groups is 2. The minimum absolute atomic E-state index is 0.0271. The fourth-order valence-corrected chi connectivity index (χ4v) is 3.51. The Labute approximate surface area is 149 Å². The van der Waals surface area contributed by atoms with Crippen LogP contribution in [0, 0.1) is 0 Å². The summed E-state index contributed by atoms with van der Waals surface area (Å²) < 4.78 is 2.83. The van der Waals surface area contributed by atoms with Gasteiger partial charge in [0, 0.05) is 29.8 Å². The van der Waals surface area contributed by atoms with Crippen LogP contribution in [0.4, 0.5) is 0 Å². The maximum atomic E-state index is 12.9. The van der Waals surface area contributed by atoms with E-state index in [0.29, 0.717) is 18.8 Å². The molecule has 126 valence electrons. The summed E-state index contributed by atoms with van der Waals surface area (Å²) in [5.74, 6) is -0.973. The fraction of sp³-hybridized carbons (Fsp3) is 0.333. The number of hydrogen-bond donors (Lipinski definition) is 1. The largest absolute Gasteiger partial charge is 0.478 e. The van der Waals surface area contributed by atoms with Crippen molar-refractivity contribution in [2.75, 3.05) is 6.54 Å². The Morgan fingerprint density at radius 3 is 2.62 bits per heavy atom. The quantitative estimate of drug-likeness (QED) is 0.868. The first-order valence-corrected chi connectivity index (χ1v) is 8.68. The Bertz CT molecular complexity index is 811. The Morgan fingerprint density at radius 2 is 1.96 bits per heavy atom. The number of halogens is 1. The smallest absolute Gasteiger partial charge is 0.335 e.